The lowest BCUT2D eigenvalue weighted by atomic mass is 10.1. The second-order valence-electron chi connectivity index (χ2n) is 7.24. The number of carbonyl (C=O) groups is 3. The van der Waals surface area contributed by atoms with E-state index in [1.165, 1.54) is 44.6 Å². The van der Waals surface area contributed by atoms with Crippen LogP contribution in [0.2, 0.25) is 0 Å². The van der Waals surface area contributed by atoms with E-state index in [-0.39, 0.29) is 29.4 Å². The van der Waals surface area contributed by atoms with Crippen molar-refractivity contribution in [3.8, 4) is 0 Å². The van der Waals surface area contributed by atoms with E-state index >= 15 is 0 Å². The van der Waals surface area contributed by atoms with Crippen LogP contribution in [0.5, 0.6) is 0 Å². The Hall–Kier alpha value is -3.26. The minimum atomic E-state index is -0.627. The Morgan fingerprint density at radius 3 is 2.07 bits per heavy atom. The molecule has 2 aromatic rings. The molecule has 1 aliphatic carbocycles. The molecule has 2 N–H and O–H groups in total. The van der Waals surface area contributed by atoms with E-state index < -0.39 is 11.9 Å². The van der Waals surface area contributed by atoms with Crippen LogP contribution in [0.25, 0.3) is 0 Å². The SMILES string of the molecule is COC(=O)c1cc(NC(=O)C[NH+](Cc2ccc(F)cc2)C2CC2)cc(C(=O)OC)c1. The predicted octanol–water partition coefficient (Wildman–Crippen LogP) is 1.58. The summed E-state index contributed by atoms with van der Waals surface area (Å²) in [5.41, 5.74) is 1.52. The maximum atomic E-state index is 13.1. The summed E-state index contributed by atoms with van der Waals surface area (Å²) in [6, 6.07) is 10.9. The number of carbonyl (C=O) groups excluding carboxylic acids is 3. The van der Waals surface area contributed by atoms with E-state index in [4.69, 9.17) is 9.47 Å². The largest absolute Gasteiger partial charge is 0.465 e. The number of quaternary nitrogens is 1. The summed E-state index contributed by atoms with van der Waals surface area (Å²) >= 11 is 0. The summed E-state index contributed by atoms with van der Waals surface area (Å²) in [7, 11) is 2.47. The smallest absolute Gasteiger partial charge is 0.337 e. The standard InChI is InChI=1S/C22H23FN2O5/c1-29-21(27)15-9-16(22(28)30-2)11-18(10-15)24-20(26)13-25(19-7-8-19)12-14-3-5-17(23)6-4-14/h3-6,9-11,19H,7-8,12-13H2,1-2H3,(H,24,26)/p+1. The Morgan fingerprint density at radius 2 is 1.57 bits per heavy atom. The average Bonchev–Trinajstić information content (AvgIpc) is 3.58. The Labute approximate surface area is 173 Å². The van der Waals surface area contributed by atoms with Crippen molar-refractivity contribution in [3.05, 3.63) is 65.0 Å². The number of ether oxygens (including phenoxy) is 2. The Morgan fingerprint density at radius 1 is 1.00 bits per heavy atom. The quantitative estimate of drug-likeness (QED) is 0.640. The van der Waals surface area contributed by atoms with Gasteiger partial charge >= 0.3 is 11.9 Å². The molecule has 0 aliphatic heterocycles. The highest BCUT2D eigenvalue weighted by molar-refractivity contribution is 5.99. The number of hydrogen-bond donors (Lipinski definition) is 2. The molecule has 8 heteroatoms. The van der Waals surface area contributed by atoms with E-state index in [9.17, 15) is 18.8 Å². The molecule has 0 bridgehead atoms. The van der Waals surface area contributed by atoms with Gasteiger partial charge in [-0.05, 0) is 30.3 Å². The van der Waals surface area contributed by atoms with Gasteiger partial charge in [0.2, 0.25) is 0 Å². The van der Waals surface area contributed by atoms with Crippen LogP contribution in [0.15, 0.2) is 42.5 Å². The van der Waals surface area contributed by atoms with Crippen molar-refractivity contribution in [3.63, 3.8) is 0 Å². The fourth-order valence-electron chi connectivity index (χ4n) is 3.29. The van der Waals surface area contributed by atoms with Gasteiger partial charge in [-0.1, -0.05) is 12.1 Å². The first-order chi connectivity index (χ1) is 14.4. The number of nitrogens with one attached hydrogen (secondary N) is 2. The summed E-state index contributed by atoms with van der Waals surface area (Å²) in [6.45, 7) is 0.812. The van der Waals surface area contributed by atoms with Gasteiger partial charge < -0.3 is 19.7 Å². The predicted molar refractivity (Wildman–Crippen MR) is 107 cm³/mol. The molecule has 1 amide bonds. The molecule has 1 aliphatic rings. The molecule has 0 spiro atoms. The van der Waals surface area contributed by atoms with Gasteiger partial charge in [0, 0.05) is 24.1 Å². The van der Waals surface area contributed by atoms with Crippen molar-refractivity contribution < 1.29 is 33.1 Å². The summed E-state index contributed by atoms with van der Waals surface area (Å²) < 4.78 is 22.6. The first kappa shape index (κ1) is 21.4. The zero-order chi connectivity index (χ0) is 21.7. The van der Waals surface area contributed by atoms with E-state index in [0.717, 1.165) is 23.3 Å². The third-order valence-corrected chi connectivity index (χ3v) is 4.95. The number of amides is 1. The lowest BCUT2D eigenvalue weighted by Crippen LogP contribution is -3.13. The van der Waals surface area contributed by atoms with Crippen LogP contribution in [0, 0.1) is 5.82 Å². The maximum Gasteiger partial charge on any atom is 0.337 e. The van der Waals surface area contributed by atoms with Crippen molar-refractivity contribution in [2.75, 3.05) is 26.1 Å². The average molecular weight is 415 g/mol. The second kappa shape index (κ2) is 9.49. The molecule has 0 saturated heterocycles. The molecule has 1 atom stereocenters. The lowest BCUT2D eigenvalue weighted by molar-refractivity contribution is -0.916. The Kier molecular flexibility index (Phi) is 6.79. The van der Waals surface area contributed by atoms with Crippen LogP contribution in [0.3, 0.4) is 0 Å². The minimum Gasteiger partial charge on any atom is -0.465 e. The van der Waals surface area contributed by atoms with Gasteiger partial charge in [0.05, 0.1) is 31.4 Å². The topological polar surface area (TPSA) is 86.1 Å². The van der Waals surface area contributed by atoms with Gasteiger partial charge in [-0.25, -0.2) is 14.0 Å². The monoisotopic (exact) mass is 415 g/mol. The van der Waals surface area contributed by atoms with Crippen LogP contribution < -0.4 is 10.2 Å². The van der Waals surface area contributed by atoms with E-state index in [2.05, 4.69) is 5.32 Å². The summed E-state index contributed by atoms with van der Waals surface area (Å²) in [5, 5.41) is 2.75. The first-order valence-electron chi connectivity index (χ1n) is 9.60. The molecule has 1 saturated carbocycles. The van der Waals surface area contributed by atoms with Crippen molar-refractivity contribution >= 4 is 23.5 Å². The molecule has 0 heterocycles. The van der Waals surface area contributed by atoms with Crippen LogP contribution in [-0.2, 0) is 20.8 Å². The highest BCUT2D eigenvalue weighted by atomic mass is 19.1. The molecule has 1 unspecified atom stereocenters. The van der Waals surface area contributed by atoms with Crippen molar-refractivity contribution in [1.29, 1.82) is 0 Å². The van der Waals surface area contributed by atoms with Crippen LogP contribution in [-0.4, -0.2) is 44.7 Å². The minimum absolute atomic E-state index is 0.133. The van der Waals surface area contributed by atoms with Gasteiger partial charge in [0.15, 0.2) is 6.54 Å². The second-order valence-corrected chi connectivity index (χ2v) is 7.24. The van der Waals surface area contributed by atoms with Gasteiger partial charge in [0.25, 0.3) is 5.91 Å². The highest BCUT2D eigenvalue weighted by Gasteiger charge is 2.34. The summed E-state index contributed by atoms with van der Waals surface area (Å²) in [5.74, 6) is -1.80. The van der Waals surface area contributed by atoms with E-state index in [0.29, 0.717) is 18.3 Å². The third kappa shape index (κ3) is 5.64. The Balaban J connectivity index is 1.72. The number of anilines is 1. The molecule has 1 fully saturated rings. The number of rotatable bonds is 8. The first-order valence-corrected chi connectivity index (χ1v) is 9.60. The number of benzene rings is 2. The number of hydrogen-bond acceptors (Lipinski definition) is 5. The van der Waals surface area contributed by atoms with E-state index in [1.54, 1.807) is 12.1 Å². The van der Waals surface area contributed by atoms with Crippen molar-refractivity contribution in [2.45, 2.75) is 25.4 Å². The fourth-order valence-corrected chi connectivity index (χ4v) is 3.29. The fraction of sp³-hybridized carbons (Fsp3) is 0.318. The molecular formula is C22H24FN2O5+. The van der Waals surface area contributed by atoms with Gasteiger partial charge in [-0.2, -0.15) is 0 Å². The molecule has 30 heavy (non-hydrogen) atoms. The number of halogens is 1. The summed E-state index contributed by atoms with van der Waals surface area (Å²) in [4.78, 5) is 37.6. The van der Waals surface area contributed by atoms with Crippen LogP contribution in [0.1, 0.15) is 39.1 Å². The normalized spacial score (nSPS) is 14.0. The van der Waals surface area contributed by atoms with Crippen LogP contribution in [0.4, 0.5) is 10.1 Å². The van der Waals surface area contributed by atoms with Crippen LogP contribution >= 0.6 is 0 Å². The van der Waals surface area contributed by atoms with Gasteiger partial charge in [-0.15, -0.1) is 0 Å². The third-order valence-electron chi connectivity index (χ3n) is 4.95. The number of methoxy groups -OCH3 is 2. The Bertz CT molecular complexity index is 907. The molecule has 7 nitrogen and oxygen atoms in total. The molecule has 0 radical (unpaired) electrons. The van der Waals surface area contributed by atoms with Crippen molar-refractivity contribution in [1.82, 2.24) is 0 Å². The molecule has 158 valence electrons. The molecular weight excluding hydrogens is 391 g/mol. The number of esters is 2. The zero-order valence-electron chi connectivity index (χ0n) is 16.9. The molecule has 3 rings (SSSR count). The maximum absolute atomic E-state index is 13.1. The highest BCUT2D eigenvalue weighted by Crippen LogP contribution is 2.18. The zero-order valence-corrected chi connectivity index (χ0v) is 16.9. The van der Waals surface area contributed by atoms with E-state index in [1.807, 2.05) is 0 Å². The van der Waals surface area contributed by atoms with Gasteiger partial charge in [0.1, 0.15) is 12.4 Å². The van der Waals surface area contributed by atoms with Crippen molar-refractivity contribution in [2.24, 2.45) is 0 Å². The molecule has 2 aromatic carbocycles. The van der Waals surface area contributed by atoms with Gasteiger partial charge in [-0.3, -0.25) is 4.79 Å². The lowest BCUT2D eigenvalue weighted by Gasteiger charge is -2.19. The summed E-state index contributed by atoms with van der Waals surface area (Å²) in [6.07, 6.45) is 2.07. The molecule has 0 aromatic heterocycles.